The molecule has 3 heteroatoms. The van der Waals surface area contributed by atoms with E-state index < -0.39 is 0 Å². The molecule has 3 nitrogen and oxygen atoms in total. The number of nitrogens with zero attached hydrogens (tertiary/aromatic N) is 1. The van der Waals surface area contributed by atoms with E-state index >= 15 is 0 Å². The number of benzene rings is 1. The highest BCUT2D eigenvalue weighted by Gasteiger charge is 2.24. The summed E-state index contributed by atoms with van der Waals surface area (Å²) in [5.41, 5.74) is 7.13. The summed E-state index contributed by atoms with van der Waals surface area (Å²) in [5, 5.41) is 6.95. The molecule has 1 aliphatic rings. The summed E-state index contributed by atoms with van der Waals surface area (Å²) in [7, 11) is 2.07. The molecule has 1 fully saturated rings. The number of hydrogen-bond acceptors (Lipinski definition) is 3. The molecule has 1 aromatic rings. The van der Waals surface area contributed by atoms with E-state index in [0.717, 1.165) is 26.2 Å². The lowest BCUT2D eigenvalue weighted by atomic mass is 9.91. The van der Waals surface area contributed by atoms with Crippen molar-refractivity contribution >= 4 is 0 Å². The molecule has 106 valence electrons. The number of piperazine rings is 1. The molecule has 0 saturated carbocycles. The van der Waals surface area contributed by atoms with Gasteiger partial charge < -0.3 is 10.6 Å². The maximum Gasteiger partial charge on any atom is 0.0864 e. The molecule has 1 aliphatic heterocycles. The Labute approximate surface area is 117 Å². The van der Waals surface area contributed by atoms with Crippen molar-refractivity contribution in [2.45, 2.75) is 33.9 Å². The van der Waals surface area contributed by atoms with Crippen molar-refractivity contribution in [2.75, 3.05) is 33.2 Å². The lowest BCUT2D eigenvalue weighted by molar-refractivity contribution is 0.152. The molecule has 2 rings (SSSR count). The Hall–Kier alpha value is -0.900. The van der Waals surface area contributed by atoms with Gasteiger partial charge in [-0.25, -0.2) is 0 Å². The van der Waals surface area contributed by atoms with Gasteiger partial charge in [-0.2, -0.15) is 0 Å². The fraction of sp³-hybridized carbons (Fsp3) is 0.625. The average molecular weight is 261 g/mol. The van der Waals surface area contributed by atoms with Crippen LogP contribution in [0.15, 0.2) is 6.07 Å². The predicted molar refractivity (Wildman–Crippen MR) is 81.6 cm³/mol. The first-order chi connectivity index (χ1) is 9.06. The van der Waals surface area contributed by atoms with Crippen molar-refractivity contribution in [1.82, 2.24) is 15.5 Å². The monoisotopic (exact) mass is 261 g/mol. The van der Waals surface area contributed by atoms with E-state index in [4.69, 9.17) is 0 Å². The predicted octanol–water partition coefficient (Wildman–Crippen LogP) is 2.04. The van der Waals surface area contributed by atoms with E-state index in [-0.39, 0.29) is 0 Å². The van der Waals surface area contributed by atoms with Crippen LogP contribution in [-0.2, 0) is 0 Å². The van der Waals surface area contributed by atoms with Crippen LogP contribution in [0.3, 0.4) is 0 Å². The zero-order chi connectivity index (χ0) is 14.0. The topological polar surface area (TPSA) is 27.3 Å². The van der Waals surface area contributed by atoms with Gasteiger partial charge in [0.1, 0.15) is 0 Å². The standard InChI is InChI=1S/C16H27N3/c1-11-10-12(2)14(4)15(13(11)3)16(17-5)19-8-6-18-7-9-19/h10,16-18H,6-9H2,1-5H3. The highest BCUT2D eigenvalue weighted by atomic mass is 15.3. The lowest BCUT2D eigenvalue weighted by Crippen LogP contribution is -2.48. The van der Waals surface area contributed by atoms with Crippen LogP contribution in [0, 0.1) is 27.7 Å². The molecular formula is C16H27N3. The van der Waals surface area contributed by atoms with Gasteiger partial charge in [0, 0.05) is 26.2 Å². The third-order valence-electron chi connectivity index (χ3n) is 4.49. The van der Waals surface area contributed by atoms with Crippen LogP contribution in [-0.4, -0.2) is 38.1 Å². The van der Waals surface area contributed by atoms with Crippen molar-refractivity contribution in [3.05, 3.63) is 33.9 Å². The van der Waals surface area contributed by atoms with Crippen LogP contribution < -0.4 is 10.6 Å². The van der Waals surface area contributed by atoms with E-state index in [1.54, 1.807) is 0 Å². The number of hydrogen-bond donors (Lipinski definition) is 2. The number of nitrogens with one attached hydrogen (secondary N) is 2. The van der Waals surface area contributed by atoms with Crippen LogP contribution in [0.1, 0.15) is 34.0 Å². The minimum atomic E-state index is 0.334. The maximum absolute atomic E-state index is 3.52. The van der Waals surface area contributed by atoms with Crippen molar-refractivity contribution in [3.63, 3.8) is 0 Å². The average Bonchev–Trinajstić information content (AvgIpc) is 2.42. The first-order valence-corrected chi connectivity index (χ1v) is 7.25. The van der Waals surface area contributed by atoms with Gasteiger partial charge in [0.05, 0.1) is 6.17 Å². The smallest absolute Gasteiger partial charge is 0.0864 e. The molecule has 0 radical (unpaired) electrons. The van der Waals surface area contributed by atoms with Crippen molar-refractivity contribution in [3.8, 4) is 0 Å². The second-order valence-corrected chi connectivity index (χ2v) is 5.65. The summed E-state index contributed by atoms with van der Waals surface area (Å²) in [6.07, 6.45) is 0.334. The highest BCUT2D eigenvalue weighted by Crippen LogP contribution is 2.29. The number of rotatable bonds is 3. The third kappa shape index (κ3) is 2.83. The van der Waals surface area contributed by atoms with Gasteiger partial charge in [-0.05, 0) is 62.6 Å². The quantitative estimate of drug-likeness (QED) is 0.872. The highest BCUT2D eigenvalue weighted by molar-refractivity contribution is 5.45. The molecule has 1 atom stereocenters. The summed E-state index contributed by atoms with van der Waals surface area (Å²) in [6.45, 7) is 13.3. The molecule has 2 N–H and O–H groups in total. The lowest BCUT2D eigenvalue weighted by Gasteiger charge is -2.37. The van der Waals surface area contributed by atoms with Gasteiger partial charge in [-0.15, -0.1) is 0 Å². The molecule has 0 aliphatic carbocycles. The molecule has 0 amide bonds. The Kier molecular flexibility index (Phi) is 4.61. The zero-order valence-electron chi connectivity index (χ0n) is 12.9. The van der Waals surface area contributed by atoms with E-state index in [1.807, 2.05) is 0 Å². The summed E-state index contributed by atoms with van der Waals surface area (Å²) >= 11 is 0. The molecular weight excluding hydrogens is 234 g/mol. The SMILES string of the molecule is CNC(c1c(C)c(C)cc(C)c1C)N1CCNCC1. The molecule has 1 unspecified atom stereocenters. The van der Waals surface area contributed by atoms with Gasteiger partial charge in [0.15, 0.2) is 0 Å². The fourth-order valence-electron chi connectivity index (χ4n) is 3.11. The molecule has 1 aromatic carbocycles. The minimum Gasteiger partial charge on any atom is -0.314 e. The Morgan fingerprint density at radius 1 is 1.05 bits per heavy atom. The van der Waals surface area contributed by atoms with Crippen LogP contribution in [0.5, 0.6) is 0 Å². The minimum absolute atomic E-state index is 0.334. The first-order valence-electron chi connectivity index (χ1n) is 7.25. The second-order valence-electron chi connectivity index (χ2n) is 5.65. The van der Waals surface area contributed by atoms with Crippen molar-refractivity contribution in [1.29, 1.82) is 0 Å². The van der Waals surface area contributed by atoms with E-state index in [2.05, 4.69) is 56.3 Å². The van der Waals surface area contributed by atoms with Gasteiger partial charge in [0.25, 0.3) is 0 Å². The van der Waals surface area contributed by atoms with Crippen LogP contribution in [0.4, 0.5) is 0 Å². The van der Waals surface area contributed by atoms with Gasteiger partial charge in [-0.1, -0.05) is 6.07 Å². The molecule has 0 bridgehead atoms. The van der Waals surface area contributed by atoms with Crippen LogP contribution in [0.25, 0.3) is 0 Å². The van der Waals surface area contributed by atoms with Crippen LogP contribution >= 0.6 is 0 Å². The van der Waals surface area contributed by atoms with E-state index in [1.165, 1.54) is 27.8 Å². The molecule has 0 aromatic heterocycles. The van der Waals surface area contributed by atoms with Gasteiger partial charge in [0.2, 0.25) is 0 Å². The summed E-state index contributed by atoms with van der Waals surface area (Å²) < 4.78 is 0. The van der Waals surface area contributed by atoms with Crippen LogP contribution in [0.2, 0.25) is 0 Å². The Bertz CT molecular complexity index is 422. The largest absolute Gasteiger partial charge is 0.314 e. The van der Waals surface area contributed by atoms with Crippen molar-refractivity contribution in [2.24, 2.45) is 0 Å². The van der Waals surface area contributed by atoms with Gasteiger partial charge >= 0.3 is 0 Å². The maximum atomic E-state index is 3.52. The molecule has 1 saturated heterocycles. The van der Waals surface area contributed by atoms with E-state index in [0.29, 0.717) is 6.17 Å². The number of aryl methyl sites for hydroxylation is 2. The molecule has 0 spiro atoms. The first kappa shape index (κ1) is 14.5. The summed E-state index contributed by atoms with van der Waals surface area (Å²) in [4.78, 5) is 2.55. The summed E-state index contributed by atoms with van der Waals surface area (Å²) in [5.74, 6) is 0. The Balaban J connectivity index is 2.42. The Morgan fingerprint density at radius 2 is 1.58 bits per heavy atom. The Morgan fingerprint density at radius 3 is 2.05 bits per heavy atom. The van der Waals surface area contributed by atoms with Gasteiger partial charge in [-0.3, -0.25) is 4.90 Å². The third-order valence-corrected chi connectivity index (χ3v) is 4.49. The van der Waals surface area contributed by atoms with Crippen molar-refractivity contribution < 1.29 is 0 Å². The summed E-state index contributed by atoms with van der Waals surface area (Å²) in [6, 6.07) is 2.30. The zero-order valence-corrected chi connectivity index (χ0v) is 12.9. The second kappa shape index (κ2) is 6.04. The fourth-order valence-corrected chi connectivity index (χ4v) is 3.11. The van der Waals surface area contributed by atoms with E-state index in [9.17, 15) is 0 Å². The molecule has 19 heavy (non-hydrogen) atoms. The normalized spacial score (nSPS) is 18.6. The molecule has 1 heterocycles.